The van der Waals surface area contributed by atoms with Gasteiger partial charge in [0, 0.05) is 23.9 Å². The predicted molar refractivity (Wildman–Crippen MR) is 111 cm³/mol. The Labute approximate surface area is 185 Å². The van der Waals surface area contributed by atoms with E-state index in [1.807, 2.05) is 0 Å². The van der Waals surface area contributed by atoms with E-state index >= 15 is 0 Å². The third kappa shape index (κ3) is 4.17. The van der Waals surface area contributed by atoms with Crippen LogP contribution in [0.1, 0.15) is 30.0 Å². The predicted octanol–water partition coefficient (Wildman–Crippen LogP) is 5.77. The minimum absolute atomic E-state index is 0.217. The van der Waals surface area contributed by atoms with Crippen molar-refractivity contribution in [2.45, 2.75) is 25.4 Å². The molecule has 0 atom stereocenters. The first-order valence-electron chi connectivity index (χ1n) is 10.0. The van der Waals surface area contributed by atoms with Crippen LogP contribution in [0.4, 0.5) is 29.1 Å². The van der Waals surface area contributed by atoms with Crippen LogP contribution in [0.25, 0.3) is 17.0 Å². The molecule has 10 heteroatoms. The molecular formula is C23H15F4N5O. The number of aromatic nitrogens is 3. The van der Waals surface area contributed by atoms with Crippen molar-refractivity contribution in [3.05, 3.63) is 71.6 Å². The zero-order chi connectivity index (χ0) is 23.1. The summed E-state index contributed by atoms with van der Waals surface area (Å²) in [6.07, 6.45) is 3.22. The standard InChI is InChI=1S/C23H15F4N5O/c24-14-3-6-20-31-21(13-1-2-13)22(32(20)11-14)17-7-12(10-28)8-19(30-17)29-15-4-5-18(16(25)9-15)33-23(26)27/h3-9,11,13,23H,1-2H2,(H,29,30). The Morgan fingerprint density at radius 1 is 1.09 bits per heavy atom. The van der Waals surface area contributed by atoms with Crippen LogP contribution >= 0.6 is 0 Å². The Bertz CT molecular complexity index is 1410. The molecule has 0 spiro atoms. The lowest BCUT2D eigenvalue weighted by Crippen LogP contribution is -2.04. The lowest BCUT2D eigenvalue weighted by molar-refractivity contribution is -0.0521. The Hall–Kier alpha value is -4.13. The molecule has 3 heterocycles. The molecule has 1 N–H and O–H groups in total. The highest BCUT2D eigenvalue weighted by Crippen LogP contribution is 2.44. The molecule has 1 aliphatic carbocycles. The number of anilines is 2. The molecule has 1 saturated carbocycles. The van der Waals surface area contributed by atoms with Crippen LogP contribution in [-0.2, 0) is 0 Å². The molecule has 0 amide bonds. The van der Waals surface area contributed by atoms with Crippen LogP contribution in [0.2, 0.25) is 0 Å². The van der Waals surface area contributed by atoms with Gasteiger partial charge in [-0.15, -0.1) is 0 Å². The van der Waals surface area contributed by atoms with Crippen molar-refractivity contribution in [1.82, 2.24) is 14.4 Å². The number of hydrogen-bond acceptors (Lipinski definition) is 5. The minimum Gasteiger partial charge on any atom is -0.432 e. The van der Waals surface area contributed by atoms with Gasteiger partial charge >= 0.3 is 6.61 Å². The number of alkyl halides is 2. The highest BCUT2D eigenvalue weighted by atomic mass is 19.3. The van der Waals surface area contributed by atoms with Gasteiger partial charge in [-0.25, -0.2) is 18.7 Å². The van der Waals surface area contributed by atoms with Crippen LogP contribution in [0.15, 0.2) is 48.7 Å². The van der Waals surface area contributed by atoms with E-state index in [2.05, 4.69) is 26.1 Å². The molecule has 3 aromatic heterocycles. The maximum atomic E-state index is 14.1. The van der Waals surface area contributed by atoms with Crippen molar-refractivity contribution in [1.29, 1.82) is 5.26 Å². The average molecular weight is 453 g/mol. The zero-order valence-corrected chi connectivity index (χ0v) is 16.9. The molecule has 5 rings (SSSR count). The second-order valence-corrected chi connectivity index (χ2v) is 7.58. The lowest BCUT2D eigenvalue weighted by atomic mass is 10.1. The first kappa shape index (κ1) is 20.8. The first-order valence-corrected chi connectivity index (χ1v) is 10.0. The van der Waals surface area contributed by atoms with Gasteiger partial charge < -0.3 is 10.1 Å². The normalized spacial score (nSPS) is 13.3. The van der Waals surface area contributed by atoms with E-state index in [9.17, 15) is 22.8 Å². The monoisotopic (exact) mass is 453 g/mol. The highest BCUT2D eigenvalue weighted by molar-refractivity contribution is 5.70. The fourth-order valence-corrected chi connectivity index (χ4v) is 3.63. The average Bonchev–Trinajstić information content (AvgIpc) is 3.55. The number of benzene rings is 1. The summed E-state index contributed by atoms with van der Waals surface area (Å²) in [5.74, 6) is -1.57. The SMILES string of the molecule is N#Cc1cc(Nc2ccc(OC(F)F)c(F)c2)nc(-c2c(C3CC3)nc3ccc(F)cn23)c1. The van der Waals surface area contributed by atoms with Gasteiger partial charge in [0.2, 0.25) is 0 Å². The fourth-order valence-electron chi connectivity index (χ4n) is 3.63. The molecule has 1 fully saturated rings. The number of fused-ring (bicyclic) bond motifs is 1. The van der Waals surface area contributed by atoms with Crippen LogP contribution < -0.4 is 10.1 Å². The van der Waals surface area contributed by atoms with Crippen LogP contribution in [0.3, 0.4) is 0 Å². The molecular weight excluding hydrogens is 438 g/mol. The van der Waals surface area contributed by atoms with Crippen molar-refractivity contribution >= 4 is 17.2 Å². The highest BCUT2D eigenvalue weighted by Gasteiger charge is 2.31. The van der Waals surface area contributed by atoms with Gasteiger partial charge in [0.1, 0.15) is 17.3 Å². The van der Waals surface area contributed by atoms with Gasteiger partial charge in [-0.2, -0.15) is 14.0 Å². The van der Waals surface area contributed by atoms with E-state index in [1.165, 1.54) is 24.4 Å². The molecule has 0 aliphatic heterocycles. The molecule has 1 aliphatic rings. The molecule has 33 heavy (non-hydrogen) atoms. The topological polar surface area (TPSA) is 75.2 Å². The summed E-state index contributed by atoms with van der Waals surface area (Å²) in [4.78, 5) is 9.19. The second kappa shape index (κ2) is 8.09. The Morgan fingerprint density at radius 2 is 1.91 bits per heavy atom. The van der Waals surface area contributed by atoms with E-state index in [-0.39, 0.29) is 23.0 Å². The van der Waals surface area contributed by atoms with Crippen LogP contribution in [0.5, 0.6) is 5.75 Å². The summed E-state index contributed by atoms with van der Waals surface area (Å²) in [5.41, 5.74) is 2.80. The van der Waals surface area contributed by atoms with Crippen molar-refractivity contribution in [2.24, 2.45) is 0 Å². The van der Waals surface area contributed by atoms with Crippen molar-refractivity contribution in [3.63, 3.8) is 0 Å². The van der Waals surface area contributed by atoms with Crippen molar-refractivity contribution < 1.29 is 22.3 Å². The summed E-state index contributed by atoms with van der Waals surface area (Å²) in [6.45, 7) is -3.15. The Balaban J connectivity index is 1.57. The van der Waals surface area contributed by atoms with E-state index in [1.54, 1.807) is 16.5 Å². The maximum absolute atomic E-state index is 14.1. The third-order valence-corrected chi connectivity index (χ3v) is 5.19. The Kier molecular flexibility index (Phi) is 5.09. The summed E-state index contributed by atoms with van der Waals surface area (Å²) >= 11 is 0. The van der Waals surface area contributed by atoms with E-state index in [0.717, 1.165) is 30.7 Å². The van der Waals surface area contributed by atoms with E-state index < -0.39 is 24.0 Å². The number of imidazole rings is 1. The summed E-state index contributed by atoms with van der Waals surface area (Å²) in [5, 5.41) is 12.4. The zero-order valence-electron chi connectivity index (χ0n) is 16.9. The molecule has 0 saturated heterocycles. The number of halogens is 4. The number of rotatable bonds is 6. The second-order valence-electron chi connectivity index (χ2n) is 7.58. The fraction of sp³-hybridized carbons (Fsp3) is 0.174. The molecule has 166 valence electrons. The third-order valence-electron chi connectivity index (χ3n) is 5.19. The smallest absolute Gasteiger partial charge is 0.387 e. The van der Waals surface area contributed by atoms with Gasteiger partial charge in [0.25, 0.3) is 0 Å². The number of nitrogens with one attached hydrogen (secondary N) is 1. The lowest BCUT2D eigenvalue weighted by Gasteiger charge is -2.11. The number of nitriles is 1. The quantitative estimate of drug-likeness (QED) is 0.375. The van der Waals surface area contributed by atoms with Gasteiger partial charge in [0.15, 0.2) is 11.6 Å². The summed E-state index contributed by atoms with van der Waals surface area (Å²) < 4.78 is 58.5. The molecule has 0 radical (unpaired) electrons. The van der Waals surface area contributed by atoms with Crippen molar-refractivity contribution in [2.75, 3.05) is 5.32 Å². The van der Waals surface area contributed by atoms with Gasteiger partial charge in [-0.3, -0.25) is 4.40 Å². The molecule has 6 nitrogen and oxygen atoms in total. The molecule has 1 aromatic carbocycles. The minimum atomic E-state index is -3.15. The van der Waals surface area contributed by atoms with Gasteiger partial charge in [0.05, 0.1) is 28.7 Å². The Morgan fingerprint density at radius 3 is 2.61 bits per heavy atom. The molecule has 0 bridgehead atoms. The molecule has 4 aromatic rings. The summed E-state index contributed by atoms with van der Waals surface area (Å²) in [7, 11) is 0. The van der Waals surface area contributed by atoms with Crippen LogP contribution in [0, 0.1) is 23.0 Å². The number of hydrogen-bond donors (Lipinski definition) is 1. The van der Waals surface area contributed by atoms with Crippen LogP contribution in [-0.4, -0.2) is 21.0 Å². The van der Waals surface area contributed by atoms with Gasteiger partial charge in [-0.1, -0.05) is 0 Å². The first-order chi connectivity index (χ1) is 15.9. The van der Waals surface area contributed by atoms with E-state index in [0.29, 0.717) is 17.0 Å². The largest absolute Gasteiger partial charge is 0.432 e. The summed E-state index contributed by atoms with van der Waals surface area (Å²) in [6, 6.07) is 11.4. The maximum Gasteiger partial charge on any atom is 0.387 e. The number of nitrogens with zero attached hydrogens (tertiary/aromatic N) is 4. The number of ether oxygens (including phenoxy) is 1. The van der Waals surface area contributed by atoms with Crippen molar-refractivity contribution in [3.8, 4) is 23.2 Å². The van der Waals surface area contributed by atoms with E-state index in [4.69, 9.17) is 0 Å². The molecule has 0 unspecified atom stereocenters. The number of pyridine rings is 2. The van der Waals surface area contributed by atoms with Gasteiger partial charge in [-0.05, 0) is 49.2 Å².